The third-order valence-electron chi connectivity index (χ3n) is 6.33. The third kappa shape index (κ3) is 3.57. The molecule has 0 saturated carbocycles. The minimum absolute atomic E-state index is 0.256. The molecule has 34 heavy (non-hydrogen) atoms. The van der Waals surface area contributed by atoms with Gasteiger partial charge in [0.15, 0.2) is 5.65 Å². The predicted octanol–water partition coefficient (Wildman–Crippen LogP) is 3.81. The van der Waals surface area contributed by atoms with Crippen LogP contribution in [-0.4, -0.2) is 34.7 Å². The monoisotopic (exact) mass is 455 g/mol. The summed E-state index contributed by atoms with van der Waals surface area (Å²) in [5.41, 5.74) is 5.49. The maximum absolute atomic E-state index is 13.9. The van der Waals surface area contributed by atoms with Crippen molar-refractivity contribution in [1.82, 2.24) is 23.7 Å². The van der Waals surface area contributed by atoms with E-state index in [-0.39, 0.29) is 12.1 Å². The van der Waals surface area contributed by atoms with Crippen LogP contribution in [0.5, 0.6) is 0 Å². The highest BCUT2D eigenvalue weighted by Gasteiger charge is 2.26. The third-order valence-corrected chi connectivity index (χ3v) is 6.33. The fourth-order valence-electron chi connectivity index (χ4n) is 4.80. The molecule has 0 spiro atoms. The average Bonchev–Trinajstić information content (AvgIpc) is 3.27. The molecule has 0 aliphatic rings. The SMILES string of the molecule is Cc1ccc2c(n1)n([C@H](CC(=O)O)c1cccnc1)c(=O)n2Cc1cn(C)c2cccc(C)c12. The predicted molar refractivity (Wildman–Crippen MR) is 130 cm³/mol. The number of carboxylic acids is 1. The van der Waals surface area contributed by atoms with E-state index < -0.39 is 12.0 Å². The first-order valence-electron chi connectivity index (χ1n) is 11.1. The minimum Gasteiger partial charge on any atom is -0.481 e. The van der Waals surface area contributed by atoms with Gasteiger partial charge in [0.2, 0.25) is 0 Å². The van der Waals surface area contributed by atoms with Crippen LogP contribution < -0.4 is 5.69 Å². The summed E-state index contributed by atoms with van der Waals surface area (Å²) < 4.78 is 5.26. The maximum atomic E-state index is 13.9. The molecule has 5 rings (SSSR count). The molecule has 0 saturated heterocycles. The standard InChI is InChI=1S/C26H25N5O3/c1-16-6-4-8-20-24(16)19(14-29(20)3)15-30-21-10-9-17(2)28-25(21)31(26(30)34)22(12-23(32)33)18-7-5-11-27-13-18/h4-11,13-14,22H,12,15H2,1-3H3,(H,32,33)/t22-/m1/s1. The first-order chi connectivity index (χ1) is 16.3. The molecule has 0 aliphatic carbocycles. The van der Waals surface area contributed by atoms with E-state index in [1.165, 1.54) is 4.57 Å². The van der Waals surface area contributed by atoms with Gasteiger partial charge in [-0.15, -0.1) is 0 Å². The molecule has 0 aliphatic heterocycles. The summed E-state index contributed by atoms with van der Waals surface area (Å²) in [5.74, 6) is -1.00. The number of hydrogen-bond donors (Lipinski definition) is 1. The van der Waals surface area contributed by atoms with Gasteiger partial charge in [-0.3, -0.25) is 18.9 Å². The molecule has 8 heteroatoms. The zero-order chi connectivity index (χ0) is 24.0. The summed E-state index contributed by atoms with van der Waals surface area (Å²) in [5, 5.41) is 10.8. The van der Waals surface area contributed by atoms with E-state index in [9.17, 15) is 14.7 Å². The molecule has 0 unspecified atom stereocenters. The van der Waals surface area contributed by atoms with Crippen molar-refractivity contribution in [3.8, 4) is 0 Å². The van der Waals surface area contributed by atoms with Gasteiger partial charge < -0.3 is 9.67 Å². The number of hydrogen-bond acceptors (Lipinski definition) is 4. The molecule has 1 N–H and O–H groups in total. The topological polar surface area (TPSA) is 94.9 Å². The van der Waals surface area contributed by atoms with E-state index in [1.807, 2.05) is 38.4 Å². The molecule has 0 bridgehead atoms. The van der Waals surface area contributed by atoms with E-state index >= 15 is 0 Å². The van der Waals surface area contributed by atoms with Crippen LogP contribution in [0.15, 0.2) is 65.8 Å². The zero-order valence-electron chi connectivity index (χ0n) is 19.3. The van der Waals surface area contributed by atoms with Crippen molar-refractivity contribution in [1.29, 1.82) is 0 Å². The largest absolute Gasteiger partial charge is 0.481 e. The normalized spacial score (nSPS) is 12.4. The van der Waals surface area contributed by atoms with Crippen LogP contribution in [0.3, 0.4) is 0 Å². The lowest BCUT2D eigenvalue weighted by molar-refractivity contribution is -0.137. The van der Waals surface area contributed by atoms with Crippen LogP contribution in [0.2, 0.25) is 0 Å². The summed E-state index contributed by atoms with van der Waals surface area (Å²) in [4.78, 5) is 34.5. The molecule has 172 valence electrons. The number of aromatic nitrogens is 5. The van der Waals surface area contributed by atoms with Crippen molar-refractivity contribution in [2.75, 3.05) is 0 Å². The molecule has 0 amide bonds. The molecule has 1 atom stereocenters. The summed E-state index contributed by atoms with van der Waals surface area (Å²) >= 11 is 0. The molecular formula is C26H25N5O3. The Morgan fingerprint density at radius 2 is 1.91 bits per heavy atom. The second-order valence-corrected chi connectivity index (χ2v) is 8.67. The van der Waals surface area contributed by atoms with Crippen LogP contribution in [0.25, 0.3) is 22.1 Å². The second kappa shape index (κ2) is 8.30. The number of aliphatic carboxylic acids is 1. The van der Waals surface area contributed by atoms with E-state index in [4.69, 9.17) is 0 Å². The lowest BCUT2D eigenvalue weighted by Gasteiger charge is -2.16. The quantitative estimate of drug-likeness (QED) is 0.420. The van der Waals surface area contributed by atoms with Gasteiger partial charge in [0.1, 0.15) is 0 Å². The maximum Gasteiger partial charge on any atom is 0.331 e. The van der Waals surface area contributed by atoms with Crippen LogP contribution in [0.4, 0.5) is 0 Å². The van der Waals surface area contributed by atoms with Crippen molar-refractivity contribution in [2.45, 2.75) is 32.9 Å². The van der Waals surface area contributed by atoms with Gasteiger partial charge in [0.25, 0.3) is 0 Å². The average molecular weight is 456 g/mol. The smallest absolute Gasteiger partial charge is 0.331 e. The van der Waals surface area contributed by atoms with Gasteiger partial charge in [-0.2, -0.15) is 0 Å². The first kappa shape index (κ1) is 21.6. The number of pyridine rings is 2. The number of nitrogens with zero attached hydrogens (tertiary/aromatic N) is 5. The Labute approximate surface area is 195 Å². The Morgan fingerprint density at radius 3 is 2.65 bits per heavy atom. The minimum atomic E-state index is -1.00. The Balaban J connectivity index is 1.75. The van der Waals surface area contributed by atoms with E-state index in [0.29, 0.717) is 23.3 Å². The van der Waals surface area contributed by atoms with Crippen molar-refractivity contribution in [2.24, 2.45) is 7.05 Å². The van der Waals surface area contributed by atoms with Crippen molar-refractivity contribution < 1.29 is 9.90 Å². The van der Waals surface area contributed by atoms with Crippen LogP contribution in [0.1, 0.15) is 34.8 Å². The fraction of sp³-hybridized carbons (Fsp3) is 0.231. The van der Waals surface area contributed by atoms with Crippen molar-refractivity contribution in [3.63, 3.8) is 0 Å². The fourth-order valence-corrected chi connectivity index (χ4v) is 4.80. The number of benzene rings is 1. The van der Waals surface area contributed by atoms with Crippen molar-refractivity contribution in [3.05, 3.63) is 93.9 Å². The highest BCUT2D eigenvalue weighted by atomic mass is 16.4. The summed E-state index contributed by atoms with van der Waals surface area (Å²) in [7, 11) is 1.99. The molecule has 8 nitrogen and oxygen atoms in total. The molecular weight excluding hydrogens is 430 g/mol. The van der Waals surface area contributed by atoms with Gasteiger partial charge in [-0.05, 0) is 54.8 Å². The van der Waals surface area contributed by atoms with Gasteiger partial charge in [0, 0.05) is 42.2 Å². The zero-order valence-corrected chi connectivity index (χ0v) is 19.3. The van der Waals surface area contributed by atoms with Crippen LogP contribution in [-0.2, 0) is 18.4 Å². The Bertz CT molecular complexity index is 1590. The number of fused-ring (bicyclic) bond motifs is 2. The van der Waals surface area contributed by atoms with Gasteiger partial charge in [0.05, 0.1) is 24.5 Å². The Hall–Kier alpha value is -4.20. The summed E-state index contributed by atoms with van der Waals surface area (Å²) in [6.45, 7) is 4.27. The number of imidazole rings is 1. The Kier molecular flexibility index (Phi) is 5.28. The van der Waals surface area contributed by atoms with Gasteiger partial charge >= 0.3 is 11.7 Å². The highest BCUT2D eigenvalue weighted by Crippen LogP contribution is 2.28. The Morgan fingerprint density at radius 1 is 1.09 bits per heavy atom. The summed E-state index contributed by atoms with van der Waals surface area (Å²) in [6.07, 6.45) is 5.02. The highest BCUT2D eigenvalue weighted by molar-refractivity contribution is 5.87. The molecule has 5 aromatic rings. The van der Waals surface area contributed by atoms with Gasteiger partial charge in [-0.25, -0.2) is 9.78 Å². The molecule has 0 fully saturated rings. The van der Waals surface area contributed by atoms with Crippen molar-refractivity contribution >= 4 is 28.0 Å². The van der Waals surface area contributed by atoms with Crippen LogP contribution >= 0.6 is 0 Å². The van der Waals surface area contributed by atoms with E-state index in [0.717, 1.165) is 27.7 Å². The van der Waals surface area contributed by atoms with E-state index in [1.54, 1.807) is 29.1 Å². The first-order valence-corrected chi connectivity index (χ1v) is 11.1. The van der Waals surface area contributed by atoms with Crippen LogP contribution in [0, 0.1) is 13.8 Å². The van der Waals surface area contributed by atoms with Gasteiger partial charge in [-0.1, -0.05) is 18.2 Å². The van der Waals surface area contributed by atoms with E-state index in [2.05, 4.69) is 33.6 Å². The molecule has 4 heterocycles. The number of carboxylic acid groups (broad SMARTS) is 1. The molecule has 1 aromatic carbocycles. The lowest BCUT2D eigenvalue weighted by atomic mass is 10.1. The number of carbonyl (C=O) groups is 1. The molecule has 0 radical (unpaired) electrons. The summed E-state index contributed by atoms with van der Waals surface area (Å²) in [6, 6.07) is 12.7. The molecule has 4 aromatic heterocycles. The second-order valence-electron chi connectivity index (χ2n) is 8.67. The number of rotatable bonds is 6. The lowest BCUT2D eigenvalue weighted by Crippen LogP contribution is -2.30. The number of aryl methyl sites for hydroxylation is 3.